The summed E-state index contributed by atoms with van der Waals surface area (Å²) < 4.78 is 11.0. The van der Waals surface area contributed by atoms with E-state index < -0.39 is 6.16 Å². The third-order valence-electron chi connectivity index (χ3n) is 11.1. The fraction of sp³-hybridized carbons (Fsp3) is 0.906. The number of carbonyl (C=O) groups is 1. The Kier molecular flexibility index (Phi) is 8.33. The molecule has 0 aromatic heterocycles. The van der Waals surface area contributed by atoms with Crippen molar-refractivity contribution in [1.82, 2.24) is 0 Å². The minimum atomic E-state index is -0.477. The molecule has 3 fully saturated rings. The van der Waals surface area contributed by atoms with Gasteiger partial charge in [0.2, 0.25) is 0 Å². The fourth-order valence-electron chi connectivity index (χ4n) is 9.16. The molecule has 0 bridgehead atoms. The van der Waals surface area contributed by atoms with E-state index in [1.165, 1.54) is 51.4 Å². The zero-order chi connectivity index (χ0) is 25.4. The molecule has 8 unspecified atom stereocenters. The Labute approximate surface area is 216 Å². The van der Waals surface area contributed by atoms with E-state index in [1.54, 1.807) is 5.57 Å². The number of hydrogen-bond acceptors (Lipinski definition) is 3. The molecule has 4 rings (SSSR count). The monoisotopic (exact) mass is 486 g/mol. The van der Waals surface area contributed by atoms with Crippen LogP contribution in [-0.2, 0) is 9.47 Å². The average molecular weight is 487 g/mol. The Balaban J connectivity index is 1.40. The summed E-state index contributed by atoms with van der Waals surface area (Å²) in [6, 6.07) is 0. The zero-order valence-corrected chi connectivity index (χ0v) is 23.9. The molecule has 0 radical (unpaired) electrons. The van der Waals surface area contributed by atoms with Crippen molar-refractivity contribution < 1.29 is 14.3 Å². The first-order chi connectivity index (χ1) is 16.5. The Morgan fingerprint density at radius 2 is 1.74 bits per heavy atom. The maximum Gasteiger partial charge on any atom is 0.508 e. The van der Waals surface area contributed by atoms with Crippen molar-refractivity contribution in [2.75, 3.05) is 6.61 Å². The molecule has 3 heteroatoms. The van der Waals surface area contributed by atoms with Gasteiger partial charge in [-0.15, -0.1) is 0 Å². The highest BCUT2D eigenvalue weighted by Gasteiger charge is 2.59. The largest absolute Gasteiger partial charge is 0.508 e. The maximum atomic E-state index is 12.2. The Morgan fingerprint density at radius 1 is 0.971 bits per heavy atom. The summed E-state index contributed by atoms with van der Waals surface area (Å²) in [6.45, 7) is 17.1. The van der Waals surface area contributed by atoms with Crippen molar-refractivity contribution in [1.29, 1.82) is 0 Å². The minimum Gasteiger partial charge on any atom is -0.434 e. The number of hydrogen-bond donors (Lipinski definition) is 0. The highest BCUT2D eigenvalue weighted by molar-refractivity contribution is 5.60. The van der Waals surface area contributed by atoms with Crippen molar-refractivity contribution in [3.63, 3.8) is 0 Å². The highest BCUT2D eigenvalue weighted by atomic mass is 16.7. The highest BCUT2D eigenvalue weighted by Crippen LogP contribution is 2.67. The summed E-state index contributed by atoms with van der Waals surface area (Å²) in [5.41, 5.74) is 2.42. The van der Waals surface area contributed by atoms with Gasteiger partial charge in [0.05, 0.1) is 6.61 Å². The molecule has 3 nitrogen and oxygen atoms in total. The molecule has 4 aliphatic carbocycles. The number of allylic oxidation sites excluding steroid dienone is 1. The van der Waals surface area contributed by atoms with Crippen molar-refractivity contribution in [3.05, 3.63) is 11.6 Å². The van der Waals surface area contributed by atoms with E-state index in [0.29, 0.717) is 23.4 Å². The normalized spacial score (nSPS) is 39.5. The van der Waals surface area contributed by atoms with Crippen LogP contribution < -0.4 is 0 Å². The van der Waals surface area contributed by atoms with Crippen LogP contribution >= 0.6 is 0 Å². The lowest BCUT2D eigenvalue weighted by Gasteiger charge is -2.58. The quantitative estimate of drug-likeness (QED) is 0.253. The molecule has 0 saturated heterocycles. The number of ether oxygens (including phenoxy) is 2. The topological polar surface area (TPSA) is 35.5 Å². The zero-order valence-electron chi connectivity index (χ0n) is 23.9. The molecular weight excluding hydrogens is 432 g/mol. The molecule has 0 spiro atoms. The summed E-state index contributed by atoms with van der Waals surface area (Å²) >= 11 is 0. The molecule has 0 heterocycles. The third-order valence-corrected chi connectivity index (χ3v) is 11.1. The van der Waals surface area contributed by atoms with Crippen molar-refractivity contribution in [2.45, 2.75) is 125 Å². The predicted molar refractivity (Wildman–Crippen MR) is 144 cm³/mol. The van der Waals surface area contributed by atoms with Gasteiger partial charge in [-0.2, -0.15) is 0 Å². The average Bonchev–Trinajstić information content (AvgIpc) is 3.15. The van der Waals surface area contributed by atoms with Gasteiger partial charge in [-0.05, 0) is 97.2 Å². The van der Waals surface area contributed by atoms with Gasteiger partial charge >= 0.3 is 6.16 Å². The van der Waals surface area contributed by atoms with Gasteiger partial charge < -0.3 is 9.47 Å². The Morgan fingerprint density at radius 3 is 2.46 bits per heavy atom. The van der Waals surface area contributed by atoms with Crippen LogP contribution in [0.25, 0.3) is 0 Å². The third kappa shape index (κ3) is 5.49. The van der Waals surface area contributed by atoms with Crippen LogP contribution in [0.1, 0.15) is 119 Å². The first-order valence-electron chi connectivity index (χ1n) is 15.1. The first-order valence-corrected chi connectivity index (χ1v) is 15.1. The lowest BCUT2D eigenvalue weighted by atomic mass is 9.47. The van der Waals surface area contributed by atoms with Gasteiger partial charge in [0.25, 0.3) is 0 Å². The molecule has 0 aromatic carbocycles. The fourth-order valence-corrected chi connectivity index (χ4v) is 9.16. The van der Waals surface area contributed by atoms with Gasteiger partial charge in [0.15, 0.2) is 0 Å². The van der Waals surface area contributed by atoms with Crippen LogP contribution in [0.2, 0.25) is 0 Å². The van der Waals surface area contributed by atoms with E-state index in [9.17, 15) is 4.79 Å². The van der Waals surface area contributed by atoms with Crippen LogP contribution in [0.15, 0.2) is 11.6 Å². The summed E-state index contributed by atoms with van der Waals surface area (Å²) in [7, 11) is 0. The smallest absolute Gasteiger partial charge is 0.434 e. The summed E-state index contributed by atoms with van der Waals surface area (Å²) in [4.78, 5) is 12.2. The SMILES string of the molecule is CC(C)CCCC(C)C1CCC2C3CC=C4CC(OC(=O)OCC(C)C)CCC4(C)C3CCC12C. The molecule has 200 valence electrons. The van der Waals surface area contributed by atoms with E-state index in [1.807, 2.05) is 0 Å². The summed E-state index contributed by atoms with van der Waals surface area (Å²) in [5.74, 6) is 5.51. The van der Waals surface area contributed by atoms with Crippen molar-refractivity contribution in [3.8, 4) is 0 Å². The van der Waals surface area contributed by atoms with Crippen LogP contribution in [-0.4, -0.2) is 18.9 Å². The lowest BCUT2D eigenvalue weighted by molar-refractivity contribution is -0.0620. The van der Waals surface area contributed by atoms with Crippen LogP contribution in [0.3, 0.4) is 0 Å². The van der Waals surface area contributed by atoms with E-state index in [4.69, 9.17) is 9.47 Å². The van der Waals surface area contributed by atoms with E-state index in [2.05, 4.69) is 54.5 Å². The molecule has 8 atom stereocenters. The maximum absolute atomic E-state index is 12.2. The Hall–Kier alpha value is -0.990. The van der Waals surface area contributed by atoms with Crippen LogP contribution in [0.5, 0.6) is 0 Å². The number of carbonyl (C=O) groups excluding carboxylic acids is 1. The molecule has 4 aliphatic rings. The van der Waals surface area contributed by atoms with Gasteiger partial charge in [0.1, 0.15) is 6.10 Å². The van der Waals surface area contributed by atoms with E-state index >= 15 is 0 Å². The first kappa shape index (κ1) is 27.1. The molecule has 35 heavy (non-hydrogen) atoms. The summed E-state index contributed by atoms with van der Waals surface area (Å²) in [6.07, 6.45) is 16.3. The summed E-state index contributed by atoms with van der Waals surface area (Å²) in [5, 5.41) is 0. The van der Waals surface area contributed by atoms with E-state index in [0.717, 1.165) is 54.8 Å². The van der Waals surface area contributed by atoms with Gasteiger partial charge in [-0.3, -0.25) is 0 Å². The molecular formula is C32H54O3. The number of fused-ring (bicyclic) bond motifs is 5. The van der Waals surface area contributed by atoms with Gasteiger partial charge in [0, 0.05) is 6.42 Å². The van der Waals surface area contributed by atoms with E-state index in [-0.39, 0.29) is 6.10 Å². The molecule has 0 N–H and O–H groups in total. The number of rotatable bonds is 8. The second-order valence-electron chi connectivity index (χ2n) is 14.2. The molecule has 0 aromatic rings. The van der Waals surface area contributed by atoms with Crippen molar-refractivity contribution in [2.24, 2.45) is 52.3 Å². The second-order valence-corrected chi connectivity index (χ2v) is 14.2. The minimum absolute atomic E-state index is 0.0121. The van der Waals surface area contributed by atoms with Gasteiger partial charge in [-0.25, -0.2) is 4.79 Å². The molecule has 0 aliphatic heterocycles. The van der Waals surface area contributed by atoms with Crippen LogP contribution in [0, 0.1) is 52.3 Å². The second kappa shape index (κ2) is 10.8. The predicted octanol–water partition coefficient (Wildman–Crippen LogP) is 9.21. The standard InChI is InChI=1S/C32H54O3/c1-21(2)9-8-10-23(5)27-13-14-28-26-12-11-24-19-25(35-30(33)34-20-22(3)4)15-17-31(24,6)29(26)16-18-32(27,28)7/h11,21-23,25-29H,8-10,12-20H2,1-7H3. The molecule has 0 amide bonds. The molecule has 3 saturated carbocycles. The van der Waals surface area contributed by atoms with Crippen molar-refractivity contribution >= 4 is 6.16 Å². The lowest BCUT2D eigenvalue weighted by Crippen LogP contribution is -2.51. The Bertz CT molecular complexity index is 769. The van der Waals surface area contributed by atoms with Crippen LogP contribution in [0.4, 0.5) is 4.79 Å². The van der Waals surface area contributed by atoms with Gasteiger partial charge in [-0.1, -0.05) is 79.4 Å².